The van der Waals surface area contributed by atoms with Crippen LogP contribution < -0.4 is 0 Å². The Kier molecular flexibility index (Phi) is 5.65. The van der Waals surface area contributed by atoms with Crippen molar-refractivity contribution in [3.05, 3.63) is 11.6 Å². The largest absolute Gasteiger partial charge is 0.396 e. The monoisotopic (exact) mass is 296 g/mol. The second kappa shape index (κ2) is 7.27. The molecule has 2 aliphatic rings. The summed E-state index contributed by atoms with van der Waals surface area (Å²) in [6.45, 7) is 8.35. The fraction of sp³-hybridized carbons (Fsp3) is 0.812. The number of aliphatic hydroxyl groups is 1. The average Bonchev–Trinajstić information content (AvgIpc) is 2.53. The normalized spacial score (nSPS) is 26.6. The smallest absolute Gasteiger partial charge is 0.320 e. The zero-order chi connectivity index (χ0) is 15.3. The molecule has 1 N–H and O–H groups in total. The number of nitrogens with zero attached hydrogens (tertiary/aromatic N) is 2. The van der Waals surface area contributed by atoms with Crippen molar-refractivity contribution in [1.82, 2.24) is 9.80 Å². The lowest BCUT2D eigenvalue weighted by atomic mass is 9.77. The Labute approximate surface area is 127 Å². The number of hydrogen-bond donors (Lipinski definition) is 1. The van der Waals surface area contributed by atoms with Gasteiger partial charge in [0.2, 0.25) is 0 Å². The summed E-state index contributed by atoms with van der Waals surface area (Å²) in [5.41, 5.74) is 1.09. The van der Waals surface area contributed by atoms with Crippen LogP contribution in [0.5, 0.6) is 0 Å². The molecule has 5 nitrogen and oxygen atoms in total. The SMILES string of the molecule is CC(C)=CC[C@]1(CO)CCCN(C(=O)N2CCOCC2)C1. The van der Waals surface area contributed by atoms with Crippen molar-refractivity contribution in [3.63, 3.8) is 0 Å². The predicted molar refractivity (Wildman–Crippen MR) is 82.2 cm³/mol. The van der Waals surface area contributed by atoms with E-state index in [0.29, 0.717) is 32.8 Å². The van der Waals surface area contributed by atoms with Crippen molar-refractivity contribution >= 4 is 6.03 Å². The van der Waals surface area contributed by atoms with Crippen LogP contribution in [-0.4, -0.2) is 66.9 Å². The fourth-order valence-corrected chi connectivity index (χ4v) is 3.11. The van der Waals surface area contributed by atoms with E-state index in [4.69, 9.17) is 4.74 Å². The first-order valence-corrected chi connectivity index (χ1v) is 7.92. The van der Waals surface area contributed by atoms with E-state index in [9.17, 15) is 9.90 Å². The number of hydrogen-bond acceptors (Lipinski definition) is 3. The van der Waals surface area contributed by atoms with Crippen molar-refractivity contribution < 1.29 is 14.6 Å². The lowest BCUT2D eigenvalue weighted by Crippen LogP contribution is -2.54. The number of amides is 2. The van der Waals surface area contributed by atoms with Gasteiger partial charge in [0.1, 0.15) is 0 Å². The minimum atomic E-state index is -0.169. The molecule has 0 spiro atoms. The van der Waals surface area contributed by atoms with E-state index < -0.39 is 0 Å². The predicted octanol–water partition coefficient (Wildman–Crippen LogP) is 1.87. The fourth-order valence-electron chi connectivity index (χ4n) is 3.11. The minimum absolute atomic E-state index is 0.105. The molecule has 5 heteroatoms. The number of morpholine rings is 1. The summed E-state index contributed by atoms with van der Waals surface area (Å²) >= 11 is 0. The summed E-state index contributed by atoms with van der Waals surface area (Å²) in [5, 5.41) is 9.86. The van der Waals surface area contributed by atoms with Gasteiger partial charge in [-0.25, -0.2) is 4.79 Å². The summed E-state index contributed by atoms with van der Waals surface area (Å²) in [7, 11) is 0. The molecule has 0 aromatic carbocycles. The Morgan fingerprint density at radius 1 is 1.24 bits per heavy atom. The second-order valence-corrected chi connectivity index (χ2v) is 6.55. The standard InChI is InChI=1S/C16H28N2O3/c1-14(2)4-6-16(13-19)5-3-7-18(12-16)15(20)17-8-10-21-11-9-17/h4,19H,3,5-13H2,1-2H3/t16-/m1/s1. The number of ether oxygens (including phenoxy) is 1. The van der Waals surface area contributed by atoms with Crippen LogP contribution in [0.15, 0.2) is 11.6 Å². The molecule has 2 rings (SSSR count). The Morgan fingerprint density at radius 3 is 2.57 bits per heavy atom. The number of aliphatic hydroxyl groups excluding tert-OH is 1. The zero-order valence-corrected chi connectivity index (χ0v) is 13.3. The highest BCUT2D eigenvalue weighted by Gasteiger charge is 2.37. The number of carbonyl (C=O) groups is 1. The molecule has 0 aromatic heterocycles. The van der Waals surface area contributed by atoms with E-state index in [1.54, 1.807) is 0 Å². The minimum Gasteiger partial charge on any atom is -0.396 e. The Balaban J connectivity index is 2.00. The van der Waals surface area contributed by atoms with Crippen molar-refractivity contribution in [2.75, 3.05) is 46.0 Å². The number of allylic oxidation sites excluding steroid dienone is 2. The van der Waals surface area contributed by atoms with Crippen LogP contribution in [-0.2, 0) is 4.74 Å². The van der Waals surface area contributed by atoms with E-state index in [-0.39, 0.29) is 18.1 Å². The molecule has 0 bridgehead atoms. The van der Waals surface area contributed by atoms with Gasteiger partial charge in [-0.3, -0.25) is 0 Å². The van der Waals surface area contributed by atoms with Gasteiger partial charge in [-0.2, -0.15) is 0 Å². The van der Waals surface area contributed by atoms with E-state index in [0.717, 1.165) is 25.8 Å². The summed E-state index contributed by atoms with van der Waals surface area (Å²) in [5.74, 6) is 0. The quantitative estimate of drug-likeness (QED) is 0.809. The van der Waals surface area contributed by atoms with Crippen LogP contribution in [0.3, 0.4) is 0 Å². The first kappa shape index (κ1) is 16.3. The molecule has 0 radical (unpaired) electrons. The number of rotatable bonds is 3. The molecule has 2 aliphatic heterocycles. The van der Waals surface area contributed by atoms with Gasteiger partial charge >= 0.3 is 6.03 Å². The van der Waals surface area contributed by atoms with Gasteiger partial charge in [-0.05, 0) is 33.1 Å². The van der Waals surface area contributed by atoms with Crippen molar-refractivity contribution in [2.24, 2.45) is 5.41 Å². The molecule has 120 valence electrons. The molecule has 0 aliphatic carbocycles. The zero-order valence-electron chi connectivity index (χ0n) is 13.3. The average molecular weight is 296 g/mol. The molecular formula is C16H28N2O3. The third kappa shape index (κ3) is 4.20. The van der Waals surface area contributed by atoms with E-state index in [1.807, 2.05) is 9.80 Å². The molecule has 21 heavy (non-hydrogen) atoms. The highest BCUT2D eigenvalue weighted by molar-refractivity contribution is 5.74. The van der Waals surface area contributed by atoms with Gasteiger partial charge in [0, 0.05) is 31.6 Å². The maximum atomic E-state index is 12.6. The van der Waals surface area contributed by atoms with Crippen molar-refractivity contribution in [2.45, 2.75) is 33.1 Å². The molecule has 2 fully saturated rings. The number of urea groups is 1. The van der Waals surface area contributed by atoms with Crippen molar-refractivity contribution in [3.8, 4) is 0 Å². The topological polar surface area (TPSA) is 53.0 Å². The molecule has 0 saturated carbocycles. The molecule has 2 amide bonds. The summed E-state index contributed by atoms with van der Waals surface area (Å²) in [4.78, 5) is 16.4. The highest BCUT2D eigenvalue weighted by atomic mass is 16.5. The third-order valence-electron chi connectivity index (χ3n) is 4.49. The molecular weight excluding hydrogens is 268 g/mol. The van der Waals surface area contributed by atoms with E-state index in [2.05, 4.69) is 19.9 Å². The van der Waals surface area contributed by atoms with E-state index >= 15 is 0 Å². The summed E-state index contributed by atoms with van der Waals surface area (Å²) < 4.78 is 5.30. The number of piperidine rings is 1. The van der Waals surface area contributed by atoms with Crippen LogP contribution >= 0.6 is 0 Å². The third-order valence-corrected chi connectivity index (χ3v) is 4.49. The Morgan fingerprint density at radius 2 is 1.95 bits per heavy atom. The van der Waals surface area contributed by atoms with Gasteiger partial charge < -0.3 is 19.6 Å². The van der Waals surface area contributed by atoms with Gasteiger partial charge in [-0.1, -0.05) is 11.6 Å². The first-order valence-electron chi connectivity index (χ1n) is 7.92. The van der Waals surface area contributed by atoms with Crippen molar-refractivity contribution in [1.29, 1.82) is 0 Å². The van der Waals surface area contributed by atoms with Crippen LogP contribution in [0, 0.1) is 5.41 Å². The Bertz CT molecular complexity index is 387. The molecule has 2 saturated heterocycles. The van der Waals surface area contributed by atoms with Gasteiger partial charge in [0.05, 0.1) is 19.8 Å². The van der Waals surface area contributed by atoms with Crippen LogP contribution in [0.1, 0.15) is 33.1 Å². The maximum absolute atomic E-state index is 12.6. The van der Waals surface area contributed by atoms with Gasteiger partial charge in [-0.15, -0.1) is 0 Å². The maximum Gasteiger partial charge on any atom is 0.320 e. The molecule has 1 atom stereocenters. The number of likely N-dealkylation sites (tertiary alicyclic amines) is 1. The van der Waals surface area contributed by atoms with E-state index in [1.165, 1.54) is 5.57 Å². The molecule has 0 aromatic rings. The summed E-state index contributed by atoms with van der Waals surface area (Å²) in [6.07, 6.45) is 4.98. The van der Waals surface area contributed by atoms with Gasteiger partial charge in [0.15, 0.2) is 0 Å². The highest BCUT2D eigenvalue weighted by Crippen LogP contribution is 2.34. The van der Waals surface area contributed by atoms with Gasteiger partial charge in [0.25, 0.3) is 0 Å². The van der Waals surface area contributed by atoms with Crippen LogP contribution in [0.25, 0.3) is 0 Å². The second-order valence-electron chi connectivity index (χ2n) is 6.55. The van der Waals surface area contributed by atoms with Crippen LogP contribution in [0.4, 0.5) is 4.79 Å². The molecule has 2 heterocycles. The summed E-state index contributed by atoms with van der Waals surface area (Å²) in [6, 6.07) is 0.105. The lowest BCUT2D eigenvalue weighted by molar-refractivity contribution is 0.0176. The lowest BCUT2D eigenvalue weighted by Gasteiger charge is -2.43. The molecule has 0 unspecified atom stereocenters. The Hall–Kier alpha value is -1.07. The van der Waals surface area contributed by atoms with Crippen LogP contribution in [0.2, 0.25) is 0 Å². The first-order chi connectivity index (χ1) is 10.1. The number of carbonyl (C=O) groups excluding carboxylic acids is 1.